The molecule has 0 aliphatic carbocycles. The molecule has 0 aliphatic heterocycles. The molecule has 0 amide bonds. The molecule has 0 spiro atoms. The normalized spacial score (nSPS) is 12.4. The van der Waals surface area contributed by atoms with Gasteiger partial charge in [-0.05, 0) is 36.4 Å². The molecule has 2 aromatic rings. The van der Waals surface area contributed by atoms with E-state index in [-0.39, 0.29) is 6.10 Å². The Kier molecular flexibility index (Phi) is 4.71. The maximum atomic E-state index is 5.98. The predicted octanol–water partition coefficient (Wildman–Crippen LogP) is 3.43. The lowest BCUT2D eigenvalue weighted by molar-refractivity contribution is 0.0702. The van der Waals surface area contributed by atoms with Crippen molar-refractivity contribution in [3.63, 3.8) is 0 Å². The molecule has 0 fully saturated rings. The van der Waals surface area contributed by atoms with E-state index in [0.717, 1.165) is 14.8 Å². The summed E-state index contributed by atoms with van der Waals surface area (Å²) in [5.74, 6) is 1.12. The zero-order valence-corrected chi connectivity index (χ0v) is 13.1. The highest BCUT2D eigenvalue weighted by Gasteiger charge is 2.15. The molecule has 1 aromatic heterocycles. The fourth-order valence-electron chi connectivity index (χ4n) is 1.78. The van der Waals surface area contributed by atoms with Gasteiger partial charge in [0, 0.05) is 12.2 Å². The summed E-state index contributed by atoms with van der Waals surface area (Å²) in [6.45, 7) is 4.50. The first kappa shape index (κ1) is 14.2. The van der Waals surface area contributed by atoms with Crippen LogP contribution in [0.25, 0.3) is 11.3 Å². The van der Waals surface area contributed by atoms with E-state index in [9.17, 15) is 0 Å². The minimum absolute atomic E-state index is 0.160. The van der Waals surface area contributed by atoms with Gasteiger partial charge in [0.15, 0.2) is 5.82 Å². The van der Waals surface area contributed by atoms with E-state index in [1.54, 1.807) is 0 Å². The van der Waals surface area contributed by atoms with Crippen molar-refractivity contribution < 1.29 is 4.74 Å². The van der Waals surface area contributed by atoms with Crippen molar-refractivity contribution >= 4 is 28.4 Å². The smallest absolute Gasteiger partial charge is 0.159 e. The van der Waals surface area contributed by atoms with Crippen molar-refractivity contribution in [2.75, 3.05) is 12.3 Å². The number of anilines is 1. The van der Waals surface area contributed by atoms with Gasteiger partial charge in [0.25, 0.3) is 0 Å². The highest BCUT2D eigenvalue weighted by molar-refractivity contribution is 14.1. The fourth-order valence-corrected chi connectivity index (χ4v) is 2.33. The second-order valence-electron chi connectivity index (χ2n) is 4.09. The summed E-state index contributed by atoms with van der Waals surface area (Å²) >= 11 is 2.18. The highest BCUT2D eigenvalue weighted by Crippen LogP contribution is 2.28. The van der Waals surface area contributed by atoms with E-state index in [2.05, 4.69) is 32.6 Å². The number of hydrogen-bond acceptors (Lipinski definition) is 4. The zero-order valence-electron chi connectivity index (χ0n) is 10.9. The summed E-state index contributed by atoms with van der Waals surface area (Å²) in [6, 6.07) is 9.97. The minimum atomic E-state index is -0.160. The van der Waals surface area contributed by atoms with Crippen LogP contribution >= 0.6 is 22.6 Å². The molecule has 5 heteroatoms. The van der Waals surface area contributed by atoms with Gasteiger partial charge in [-0.2, -0.15) is 0 Å². The first-order valence-corrected chi connectivity index (χ1v) is 7.21. The largest absolute Gasteiger partial charge is 0.383 e. The fraction of sp³-hybridized carbons (Fsp3) is 0.286. The molecule has 1 atom stereocenters. The van der Waals surface area contributed by atoms with E-state index in [4.69, 9.17) is 10.5 Å². The van der Waals surface area contributed by atoms with Crippen molar-refractivity contribution in [1.82, 2.24) is 9.97 Å². The number of nitrogens with two attached hydrogens (primary N) is 1. The molecule has 0 bridgehead atoms. The summed E-state index contributed by atoms with van der Waals surface area (Å²) in [4.78, 5) is 8.91. The van der Waals surface area contributed by atoms with Gasteiger partial charge in [0.05, 0.1) is 9.26 Å². The highest BCUT2D eigenvalue weighted by atomic mass is 127. The van der Waals surface area contributed by atoms with Crippen LogP contribution in [0.15, 0.2) is 30.3 Å². The van der Waals surface area contributed by atoms with E-state index in [0.29, 0.717) is 18.2 Å². The molecule has 0 saturated heterocycles. The van der Waals surface area contributed by atoms with Gasteiger partial charge in [0.2, 0.25) is 0 Å². The number of ether oxygens (including phenoxy) is 1. The lowest BCUT2D eigenvalue weighted by Gasteiger charge is -2.14. The summed E-state index contributed by atoms with van der Waals surface area (Å²) in [5.41, 5.74) is 7.87. The van der Waals surface area contributed by atoms with E-state index >= 15 is 0 Å². The Morgan fingerprint density at radius 3 is 2.58 bits per heavy atom. The summed E-state index contributed by atoms with van der Waals surface area (Å²) in [5, 5.41) is 0. The second-order valence-corrected chi connectivity index (χ2v) is 5.17. The van der Waals surface area contributed by atoms with Gasteiger partial charge in [-0.25, -0.2) is 9.97 Å². The molecule has 100 valence electrons. The van der Waals surface area contributed by atoms with Crippen LogP contribution in [0.2, 0.25) is 0 Å². The molecule has 1 unspecified atom stereocenters. The van der Waals surface area contributed by atoms with Gasteiger partial charge in [-0.15, -0.1) is 0 Å². The lowest BCUT2D eigenvalue weighted by Crippen LogP contribution is -2.10. The monoisotopic (exact) mass is 369 g/mol. The summed E-state index contributed by atoms with van der Waals surface area (Å²) in [6.07, 6.45) is -0.160. The number of nitrogens with zero attached hydrogens (tertiary/aromatic N) is 2. The third kappa shape index (κ3) is 3.22. The molecule has 1 heterocycles. The standard InChI is InChI=1S/C14H16IN3O/c1-3-19-9(2)14-17-12(11(15)13(16)18-14)10-7-5-4-6-8-10/h4-9H,3H2,1-2H3,(H2,16,17,18). The van der Waals surface area contributed by atoms with Gasteiger partial charge in [-0.3, -0.25) is 0 Å². The summed E-state index contributed by atoms with van der Waals surface area (Å²) < 4.78 is 6.40. The number of halogens is 1. The average Bonchev–Trinajstić information content (AvgIpc) is 2.43. The lowest BCUT2D eigenvalue weighted by atomic mass is 10.1. The third-order valence-corrected chi connectivity index (χ3v) is 3.79. The number of benzene rings is 1. The Balaban J connectivity index is 2.49. The SMILES string of the molecule is CCOC(C)c1nc(N)c(I)c(-c2ccccc2)n1. The van der Waals surface area contributed by atoms with Crippen LogP contribution in [0.1, 0.15) is 25.8 Å². The van der Waals surface area contributed by atoms with Crippen LogP contribution in [0.5, 0.6) is 0 Å². The van der Waals surface area contributed by atoms with E-state index in [1.807, 2.05) is 44.2 Å². The van der Waals surface area contributed by atoms with Crippen molar-refractivity contribution in [2.24, 2.45) is 0 Å². The van der Waals surface area contributed by atoms with E-state index < -0.39 is 0 Å². The average molecular weight is 369 g/mol. The molecule has 1 aromatic carbocycles. The Bertz CT molecular complexity index is 560. The van der Waals surface area contributed by atoms with E-state index in [1.165, 1.54) is 0 Å². The maximum Gasteiger partial charge on any atom is 0.159 e. The molecule has 0 aliphatic rings. The molecular formula is C14H16IN3O. The molecule has 0 radical (unpaired) electrons. The van der Waals surface area contributed by atoms with Crippen molar-refractivity contribution in [3.8, 4) is 11.3 Å². The number of nitrogen functional groups attached to an aromatic ring is 1. The maximum absolute atomic E-state index is 5.98. The van der Waals surface area contributed by atoms with Crippen molar-refractivity contribution in [1.29, 1.82) is 0 Å². The molecule has 2 rings (SSSR count). The first-order valence-electron chi connectivity index (χ1n) is 6.13. The van der Waals surface area contributed by atoms with Crippen LogP contribution in [0.4, 0.5) is 5.82 Å². The zero-order chi connectivity index (χ0) is 13.8. The third-order valence-electron chi connectivity index (χ3n) is 2.72. The number of aromatic nitrogens is 2. The van der Waals surface area contributed by atoms with Gasteiger partial charge in [-0.1, -0.05) is 30.3 Å². The predicted molar refractivity (Wildman–Crippen MR) is 84.6 cm³/mol. The molecular weight excluding hydrogens is 353 g/mol. The molecule has 4 nitrogen and oxygen atoms in total. The van der Waals surface area contributed by atoms with Crippen molar-refractivity contribution in [2.45, 2.75) is 20.0 Å². The Hall–Kier alpha value is -1.21. The van der Waals surface area contributed by atoms with Crippen LogP contribution in [0, 0.1) is 3.57 Å². The van der Waals surface area contributed by atoms with Gasteiger partial charge in [0.1, 0.15) is 11.9 Å². The molecule has 19 heavy (non-hydrogen) atoms. The Morgan fingerprint density at radius 2 is 1.95 bits per heavy atom. The summed E-state index contributed by atoms with van der Waals surface area (Å²) in [7, 11) is 0. The van der Waals surface area contributed by atoms with Crippen molar-refractivity contribution in [3.05, 3.63) is 39.7 Å². The van der Waals surface area contributed by atoms with Crippen LogP contribution in [0.3, 0.4) is 0 Å². The molecule has 0 saturated carbocycles. The van der Waals surface area contributed by atoms with Crippen LogP contribution in [-0.4, -0.2) is 16.6 Å². The Labute approximate surface area is 126 Å². The van der Waals surface area contributed by atoms with Gasteiger partial charge < -0.3 is 10.5 Å². The number of rotatable bonds is 4. The van der Waals surface area contributed by atoms with Crippen LogP contribution in [-0.2, 0) is 4.74 Å². The minimum Gasteiger partial charge on any atom is -0.383 e. The number of hydrogen-bond donors (Lipinski definition) is 1. The topological polar surface area (TPSA) is 61.0 Å². The quantitative estimate of drug-likeness (QED) is 0.839. The van der Waals surface area contributed by atoms with Gasteiger partial charge >= 0.3 is 0 Å². The first-order chi connectivity index (χ1) is 9.13. The van der Waals surface area contributed by atoms with Crippen LogP contribution < -0.4 is 5.73 Å². The molecule has 2 N–H and O–H groups in total. The Morgan fingerprint density at radius 1 is 1.26 bits per heavy atom. The second kappa shape index (κ2) is 6.29.